The molecular weight excluding hydrogens is 480 g/mol. The van der Waals surface area contributed by atoms with Crippen molar-refractivity contribution in [2.75, 3.05) is 12.1 Å². The summed E-state index contributed by atoms with van der Waals surface area (Å²) >= 11 is 0. The first-order valence-electron chi connectivity index (χ1n) is 12.4. The Labute approximate surface area is 220 Å². The first kappa shape index (κ1) is 24.8. The second kappa shape index (κ2) is 11.0. The van der Waals surface area contributed by atoms with E-state index in [1.807, 2.05) is 67.6 Å². The van der Waals surface area contributed by atoms with Gasteiger partial charge in [0.2, 0.25) is 0 Å². The van der Waals surface area contributed by atoms with E-state index in [2.05, 4.69) is 16.0 Å². The minimum atomic E-state index is -0.369. The molecule has 1 aliphatic carbocycles. The summed E-state index contributed by atoms with van der Waals surface area (Å²) in [7, 11) is 1.57. The lowest BCUT2D eigenvalue weighted by Gasteiger charge is -2.25. The van der Waals surface area contributed by atoms with Crippen molar-refractivity contribution < 1.29 is 18.7 Å². The van der Waals surface area contributed by atoms with Crippen LogP contribution in [0.2, 0.25) is 0 Å². The van der Waals surface area contributed by atoms with E-state index in [-0.39, 0.29) is 17.6 Å². The van der Waals surface area contributed by atoms with Gasteiger partial charge in [-0.3, -0.25) is 20.0 Å². The van der Waals surface area contributed by atoms with Gasteiger partial charge in [0.05, 0.1) is 24.2 Å². The van der Waals surface area contributed by atoms with Gasteiger partial charge in [0.15, 0.2) is 5.76 Å². The standard InChI is InChI=1S/C30H28N4O4/c1-20-27-25(31-32-29(35)21-16-18-24(37-2)19-17-21)14-9-15-26(27)38-28(20)30(36)33-34(22-10-5-3-6-11-22)23-12-7-4-8-13-23/h3-8,10-13,16-19H,9,14-15H2,1-2H3,(H,32,35)(H,33,36)/b31-25+. The Bertz CT molecular complexity index is 1420. The molecule has 0 aliphatic heterocycles. The van der Waals surface area contributed by atoms with Crippen LogP contribution in [-0.4, -0.2) is 24.6 Å². The number of fused-ring (bicyclic) bond motifs is 1. The van der Waals surface area contributed by atoms with Gasteiger partial charge in [-0.15, -0.1) is 0 Å². The number of methoxy groups -OCH3 is 1. The molecule has 38 heavy (non-hydrogen) atoms. The fraction of sp³-hybridized carbons (Fsp3) is 0.167. The number of rotatable bonds is 7. The number of hydrazine groups is 1. The molecule has 4 aromatic rings. The first-order valence-corrected chi connectivity index (χ1v) is 12.4. The molecule has 192 valence electrons. The number of hydrazone groups is 1. The molecule has 1 heterocycles. The number of nitrogens with zero attached hydrogens (tertiary/aromatic N) is 2. The van der Waals surface area contributed by atoms with E-state index >= 15 is 0 Å². The van der Waals surface area contributed by atoms with Crippen LogP contribution in [0.15, 0.2) is 94.4 Å². The predicted octanol–water partition coefficient (Wildman–Crippen LogP) is 5.55. The van der Waals surface area contributed by atoms with Crippen molar-refractivity contribution in [1.82, 2.24) is 10.9 Å². The largest absolute Gasteiger partial charge is 0.497 e. The number of benzene rings is 3. The highest BCUT2D eigenvalue weighted by atomic mass is 16.5. The third-order valence-electron chi connectivity index (χ3n) is 6.42. The van der Waals surface area contributed by atoms with Gasteiger partial charge in [-0.05, 0) is 68.3 Å². The minimum Gasteiger partial charge on any atom is -0.497 e. The number of amides is 2. The van der Waals surface area contributed by atoms with Gasteiger partial charge in [-0.2, -0.15) is 5.10 Å². The van der Waals surface area contributed by atoms with Crippen LogP contribution < -0.4 is 20.6 Å². The highest BCUT2D eigenvalue weighted by Crippen LogP contribution is 2.31. The Morgan fingerprint density at radius 3 is 2.11 bits per heavy atom. The first-order chi connectivity index (χ1) is 18.5. The summed E-state index contributed by atoms with van der Waals surface area (Å²) in [6.45, 7) is 1.85. The molecule has 2 N–H and O–H groups in total. The van der Waals surface area contributed by atoms with E-state index in [0.29, 0.717) is 41.2 Å². The Morgan fingerprint density at radius 2 is 1.50 bits per heavy atom. The normalized spacial score (nSPS) is 13.5. The highest BCUT2D eigenvalue weighted by molar-refractivity contribution is 6.07. The molecule has 8 heteroatoms. The van der Waals surface area contributed by atoms with E-state index in [0.717, 1.165) is 23.4 Å². The molecule has 0 radical (unpaired) electrons. The maximum Gasteiger partial charge on any atom is 0.306 e. The summed E-state index contributed by atoms with van der Waals surface area (Å²) in [4.78, 5) is 26.1. The monoisotopic (exact) mass is 508 g/mol. The average molecular weight is 509 g/mol. The number of hydrogen-bond donors (Lipinski definition) is 2. The van der Waals surface area contributed by atoms with Crippen LogP contribution in [-0.2, 0) is 6.42 Å². The Kier molecular flexibility index (Phi) is 7.21. The van der Waals surface area contributed by atoms with Crippen LogP contribution in [0.5, 0.6) is 5.75 Å². The lowest BCUT2D eigenvalue weighted by molar-refractivity contribution is 0.0921. The van der Waals surface area contributed by atoms with Crippen LogP contribution in [0.1, 0.15) is 50.6 Å². The molecule has 0 bridgehead atoms. The molecule has 0 unspecified atom stereocenters. The maximum atomic E-state index is 13.5. The summed E-state index contributed by atoms with van der Waals surface area (Å²) in [6, 6.07) is 26.0. The molecule has 0 saturated heterocycles. The molecule has 0 spiro atoms. The SMILES string of the molecule is COc1ccc(C(=O)N/N=C2\CCCc3oc(C(=O)NN(c4ccccc4)c4ccccc4)c(C)c32)cc1. The molecular formula is C30H28N4O4. The quantitative estimate of drug-likeness (QED) is 0.319. The lowest BCUT2D eigenvalue weighted by Crippen LogP contribution is -2.39. The maximum absolute atomic E-state index is 13.5. The predicted molar refractivity (Wildman–Crippen MR) is 146 cm³/mol. The third kappa shape index (κ3) is 5.15. The number of para-hydroxylation sites is 2. The zero-order valence-electron chi connectivity index (χ0n) is 21.2. The molecule has 0 saturated carbocycles. The summed E-state index contributed by atoms with van der Waals surface area (Å²) in [5.74, 6) is 0.895. The fourth-order valence-electron chi connectivity index (χ4n) is 4.51. The van der Waals surface area contributed by atoms with Crippen molar-refractivity contribution >= 4 is 28.9 Å². The van der Waals surface area contributed by atoms with Gasteiger partial charge < -0.3 is 9.15 Å². The molecule has 8 nitrogen and oxygen atoms in total. The number of nitrogens with one attached hydrogen (secondary N) is 2. The summed E-state index contributed by atoms with van der Waals surface area (Å²) in [5.41, 5.74) is 9.89. The van der Waals surface area contributed by atoms with Crippen molar-refractivity contribution in [3.63, 3.8) is 0 Å². The van der Waals surface area contributed by atoms with Crippen molar-refractivity contribution in [3.05, 3.63) is 113 Å². The van der Waals surface area contributed by atoms with E-state index in [9.17, 15) is 9.59 Å². The Hall–Kier alpha value is -4.85. The lowest BCUT2D eigenvalue weighted by atomic mass is 9.93. The average Bonchev–Trinajstić information content (AvgIpc) is 3.32. The van der Waals surface area contributed by atoms with Gasteiger partial charge in [0.1, 0.15) is 11.5 Å². The number of anilines is 2. The molecule has 2 amide bonds. The van der Waals surface area contributed by atoms with Crippen molar-refractivity contribution in [1.29, 1.82) is 0 Å². The van der Waals surface area contributed by atoms with E-state index < -0.39 is 0 Å². The summed E-state index contributed by atoms with van der Waals surface area (Å²) in [5, 5.41) is 6.15. The smallest absolute Gasteiger partial charge is 0.306 e. The highest BCUT2D eigenvalue weighted by Gasteiger charge is 2.29. The number of ether oxygens (including phenoxy) is 1. The minimum absolute atomic E-state index is 0.225. The van der Waals surface area contributed by atoms with Crippen molar-refractivity contribution in [2.45, 2.75) is 26.2 Å². The second-order valence-corrected chi connectivity index (χ2v) is 8.88. The van der Waals surface area contributed by atoms with Gasteiger partial charge >= 0.3 is 5.91 Å². The molecule has 5 rings (SSSR count). The molecule has 1 aromatic heterocycles. The van der Waals surface area contributed by atoms with Crippen LogP contribution >= 0.6 is 0 Å². The number of aryl methyl sites for hydroxylation is 1. The number of carbonyl (C=O) groups is 2. The Morgan fingerprint density at radius 1 is 0.868 bits per heavy atom. The van der Waals surface area contributed by atoms with Crippen LogP contribution in [0.25, 0.3) is 0 Å². The van der Waals surface area contributed by atoms with Gasteiger partial charge in [-0.25, -0.2) is 5.43 Å². The third-order valence-corrected chi connectivity index (χ3v) is 6.42. The number of furan rings is 1. The van der Waals surface area contributed by atoms with E-state index in [1.165, 1.54) is 0 Å². The topological polar surface area (TPSA) is 96.2 Å². The van der Waals surface area contributed by atoms with Crippen LogP contribution in [0, 0.1) is 6.92 Å². The van der Waals surface area contributed by atoms with E-state index in [4.69, 9.17) is 9.15 Å². The van der Waals surface area contributed by atoms with Gasteiger partial charge in [0.25, 0.3) is 5.91 Å². The number of hydrogen-bond acceptors (Lipinski definition) is 6. The van der Waals surface area contributed by atoms with E-state index in [1.54, 1.807) is 36.4 Å². The summed E-state index contributed by atoms with van der Waals surface area (Å²) < 4.78 is 11.2. The summed E-state index contributed by atoms with van der Waals surface area (Å²) in [6.07, 6.45) is 2.16. The molecule has 3 aromatic carbocycles. The number of carbonyl (C=O) groups excluding carboxylic acids is 2. The van der Waals surface area contributed by atoms with Crippen LogP contribution in [0.3, 0.4) is 0 Å². The molecule has 0 atom stereocenters. The fourth-order valence-corrected chi connectivity index (χ4v) is 4.51. The van der Waals surface area contributed by atoms with Crippen molar-refractivity contribution in [2.24, 2.45) is 5.10 Å². The molecule has 0 fully saturated rings. The van der Waals surface area contributed by atoms with Gasteiger partial charge in [-0.1, -0.05) is 36.4 Å². The second-order valence-electron chi connectivity index (χ2n) is 8.88. The van der Waals surface area contributed by atoms with Crippen molar-refractivity contribution in [3.8, 4) is 5.75 Å². The van der Waals surface area contributed by atoms with Gasteiger partial charge in [0, 0.05) is 23.1 Å². The zero-order valence-corrected chi connectivity index (χ0v) is 21.2. The van der Waals surface area contributed by atoms with Crippen LogP contribution in [0.4, 0.5) is 11.4 Å². The Balaban J connectivity index is 1.39. The molecule has 1 aliphatic rings. The zero-order chi connectivity index (χ0) is 26.5.